The standard InChI is InChI=1S/C45H71N7O9/c1-12-19-45(57-11)24-27(3)25-47-31(7)39-44(8,61-43(56)52(39)21-15-14-20-51-26-34(48-49-51)32-17-16-18-33(46)23-32)36(13-2)59-41(55)30(6)37(53)29(5)40(45)60-42-38(54)35(50(9)10)22-28(4)58-42/h12,16-18,23,26-31,35-36,38-40,42,47,54H,1,13-15,19-22,24-25,46H2,2-11H3/t27-,28?,29-,30?,31-,35?,36-,38?,39-,40-,42+,44-,45-/m1/s1. The van der Waals surface area contributed by atoms with Crippen LogP contribution in [0.5, 0.6) is 0 Å². The second-order valence-electron chi connectivity index (χ2n) is 18.0. The molecule has 2 aromatic rings. The molecule has 61 heavy (non-hydrogen) atoms. The number of aromatic nitrogens is 3. The number of carbonyl (C=O) groups excluding carboxylic acids is 3. The Morgan fingerprint density at radius 1 is 1.13 bits per heavy atom. The lowest BCUT2D eigenvalue weighted by molar-refractivity contribution is -0.297. The number of nitrogen functional groups attached to an aromatic ring is 1. The molecular weight excluding hydrogens is 783 g/mol. The molecule has 16 heteroatoms. The highest BCUT2D eigenvalue weighted by Gasteiger charge is 2.59. The van der Waals surface area contributed by atoms with E-state index in [4.69, 9.17) is 29.4 Å². The molecule has 16 nitrogen and oxygen atoms in total. The minimum atomic E-state index is -1.25. The topological polar surface area (TPSA) is 193 Å². The van der Waals surface area contributed by atoms with E-state index >= 15 is 0 Å². The average molecular weight is 854 g/mol. The molecule has 1 amide bonds. The number of ketones is 1. The lowest BCUT2D eigenvalue weighted by atomic mass is 9.75. The first-order valence-electron chi connectivity index (χ1n) is 21.9. The van der Waals surface area contributed by atoms with Crippen molar-refractivity contribution in [2.24, 2.45) is 17.8 Å². The van der Waals surface area contributed by atoms with Crippen molar-refractivity contribution in [1.29, 1.82) is 0 Å². The molecule has 13 atom stereocenters. The Kier molecular flexibility index (Phi) is 16.2. The van der Waals surface area contributed by atoms with Crippen molar-refractivity contribution in [3.05, 3.63) is 43.1 Å². The molecule has 0 spiro atoms. The minimum Gasteiger partial charge on any atom is -0.458 e. The van der Waals surface area contributed by atoms with Gasteiger partial charge in [-0.3, -0.25) is 19.2 Å². The molecule has 5 rings (SSSR count). The summed E-state index contributed by atoms with van der Waals surface area (Å²) in [5, 5.41) is 23.9. The third-order valence-corrected chi connectivity index (χ3v) is 13.1. The highest BCUT2D eigenvalue weighted by Crippen LogP contribution is 2.41. The number of rotatable bonds is 13. The van der Waals surface area contributed by atoms with Gasteiger partial charge in [-0.15, -0.1) is 11.7 Å². The van der Waals surface area contributed by atoms with E-state index in [0.717, 1.165) is 11.3 Å². The normalized spacial score (nSPS) is 35.6. The Morgan fingerprint density at radius 3 is 2.51 bits per heavy atom. The van der Waals surface area contributed by atoms with Crippen LogP contribution >= 0.6 is 0 Å². The number of aliphatic hydroxyl groups is 1. The van der Waals surface area contributed by atoms with Gasteiger partial charge in [0.15, 0.2) is 17.7 Å². The van der Waals surface area contributed by atoms with Crippen LogP contribution in [0.3, 0.4) is 0 Å². The van der Waals surface area contributed by atoms with E-state index in [-0.39, 0.29) is 24.1 Å². The van der Waals surface area contributed by atoms with Gasteiger partial charge in [0.25, 0.3) is 0 Å². The van der Waals surface area contributed by atoms with E-state index in [1.54, 1.807) is 29.7 Å². The van der Waals surface area contributed by atoms with E-state index in [1.165, 1.54) is 6.92 Å². The van der Waals surface area contributed by atoms with Crippen molar-refractivity contribution in [1.82, 2.24) is 30.1 Å². The Labute approximate surface area is 361 Å². The fourth-order valence-corrected chi connectivity index (χ4v) is 9.78. The summed E-state index contributed by atoms with van der Waals surface area (Å²) in [7, 11) is 5.39. The van der Waals surface area contributed by atoms with Crippen molar-refractivity contribution >= 4 is 23.5 Å². The molecule has 3 saturated heterocycles. The van der Waals surface area contributed by atoms with Gasteiger partial charge in [-0.25, -0.2) is 4.79 Å². The van der Waals surface area contributed by atoms with Gasteiger partial charge in [0.1, 0.15) is 23.8 Å². The van der Waals surface area contributed by atoms with Crippen molar-refractivity contribution in [2.45, 2.75) is 154 Å². The molecule has 0 aliphatic carbocycles. The van der Waals surface area contributed by atoms with Crippen molar-refractivity contribution < 1.29 is 43.2 Å². The maximum atomic E-state index is 14.6. The SMILES string of the molecule is C=CC[C@@]1(OC)C[C@@H](C)CN[C@H](C)[C@H]2N(CCCCn3cc(-c4cccc(N)c4)nn3)C(=O)O[C@]2(C)[C@@H](CC)OC(=O)C(C)C(=O)[C@@H](C)[C@H]1O[C@@H]1OC(C)CC(N(C)C)C1O. The lowest BCUT2D eigenvalue weighted by Crippen LogP contribution is -2.61. The number of benzene rings is 1. The monoisotopic (exact) mass is 854 g/mol. The van der Waals surface area contributed by atoms with Gasteiger partial charge < -0.3 is 44.7 Å². The van der Waals surface area contributed by atoms with Gasteiger partial charge in [0, 0.05) is 49.5 Å². The van der Waals surface area contributed by atoms with Crippen molar-refractivity contribution in [3.63, 3.8) is 0 Å². The third kappa shape index (κ3) is 10.6. The summed E-state index contributed by atoms with van der Waals surface area (Å²) >= 11 is 0. The number of aliphatic hydroxyl groups excluding tert-OH is 1. The molecule has 1 aromatic carbocycles. The Hall–Kier alpha value is -3.93. The van der Waals surface area contributed by atoms with Gasteiger partial charge >= 0.3 is 12.1 Å². The minimum absolute atomic E-state index is 0.0542. The Bertz CT molecular complexity index is 1810. The number of fused-ring (bicyclic) bond motifs is 1. The van der Waals surface area contributed by atoms with Gasteiger partial charge in [-0.2, -0.15) is 0 Å². The van der Waals surface area contributed by atoms with Crippen molar-refractivity contribution in [3.8, 4) is 11.3 Å². The number of unbranched alkanes of at least 4 members (excludes halogenated alkanes) is 1. The van der Waals surface area contributed by atoms with Crippen LogP contribution in [0, 0.1) is 17.8 Å². The predicted octanol–water partition coefficient (Wildman–Crippen LogP) is 4.84. The first kappa shape index (κ1) is 48.1. The maximum absolute atomic E-state index is 14.6. The summed E-state index contributed by atoms with van der Waals surface area (Å²) in [6.07, 6.45) is 2.02. The number of nitrogens with one attached hydrogen (secondary N) is 1. The van der Waals surface area contributed by atoms with E-state index < -0.39 is 71.5 Å². The number of hydrogen-bond donors (Lipinski definition) is 3. The number of likely N-dealkylation sites (N-methyl/N-ethyl adjacent to an activating group) is 1. The molecule has 0 bridgehead atoms. The highest BCUT2D eigenvalue weighted by molar-refractivity contribution is 6.00. The largest absolute Gasteiger partial charge is 0.458 e. The number of methoxy groups -OCH3 is 1. The zero-order chi connectivity index (χ0) is 44.8. The number of amides is 1. The number of anilines is 1. The molecule has 0 radical (unpaired) electrons. The summed E-state index contributed by atoms with van der Waals surface area (Å²) in [6.45, 7) is 18.5. The molecule has 4 heterocycles. The van der Waals surface area contributed by atoms with Crippen LogP contribution in [-0.4, -0.2) is 142 Å². The number of aryl methyl sites for hydroxylation is 1. The van der Waals surface area contributed by atoms with Crippen LogP contribution in [0.1, 0.15) is 87.0 Å². The number of carbonyl (C=O) groups is 3. The van der Waals surface area contributed by atoms with Gasteiger partial charge in [0.05, 0.1) is 30.0 Å². The Morgan fingerprint density at radius 2 is 1.85 bits per heavy atom. The molecule has 0 saturated carbocycles. The predicted molar refractivity (Wildman–Crippen MR) is 231 cm³/mol. The van der Waals surface area contributed by atoms with Crippen LogP contribution in [0.2, 0.25) is 0 Å². The average Bonchev–Trinajstić information content (AvgIpc) is 3.80. The second kappa shape index (κ2) is 20.5. The zero-order valence-electron chi connectivity index (χ0n) is 37.9. The first-order chi connectivity index (χ1) is 28.9. The summed E-state index contributed by atoms with van der Waals surface area (Å²) in [5.41, 5.74) is 5.87. The molecule has 3 fully saturated rings. The summed E-state index contributed by atoms with van der Waals surface area (Å²) in [6, 6.07) is 6.39. The fraction of sp³-hybridized carbons (Fsp3) is 0.711. The van der Waals surface area contributed by atoms with E-state index in [0.29, 0.717) is 63.8 Å². The zero-order valence-corrected chi connectivity index (χ0v) is 37.9. The summed E-state index contributed by atoms with van der Waals surface area (Å²) < 4.78 is 33.7. The summed E-state index contributed by atoms with van der Waals surface area (Å²) in [5.74, 6) is -3.30. The van der Waals surface area contributed by atoms with Gasteiger partial charge in [-0.05, 0) is 105 Å². The van der Waals surface area contributed by atoms with Crippen LogP contribution in [0.15, 0.2) is 43.1 Å². The molecular formula is C45H71N7O9. The molecule has 3 aliphatic rings. The molecule has 4 unspecified atom stereocenters. The third-order valence-electron chi connectivity index (χ3n) is 13.1. The number of Topliss-reactive ketones (excluding diaryl/α,β-unsaturated/α-hetero) is 1. The molecule has 340 valence electrons. The number of cyclic esters (lactones) is 1. The van der Waals surface area contributed by atoms with E-state index in [2.05, 4.69) is 29.1 Å². The maximum Gasteiger partial charge on any atom is 0.410 e. The smallest absolute Gasteiger partial charge is 0.410 e. The molecule has 4 N–H and O–H groups in total. The number of ether oxygens (including phenoxy) is 5. The van der Waals surface area contributed by atoms with E-state index in [9.17, 15) is 19.5 Å². The second-order valence-corrected chi connectivity index (χ2v) is 18.0. The Balaban J connectivity index is 1.41. The number of esters is 1. The first-order valence-corrected chi connectivity index (χ1v) is 21.9. The van der Waals surface area contributed by atoms with Crippen LogP contribution < -0.4 is 11.1 Å². The highest BCUT2D eigenvalue weighted by atomic mass is 16.7. The van der Waals surface area contributed by atoms with Crippen LogP contribution in [0.4, 0.5) is 10.5 Å². The molecule has 3 aliphatic heterocycles. The van der Waals surface area contributed by atoms with Crippen molar-refractivity contribution in [2.75, 3.05) is 40.0 Å². The lowest BCUT2D eigenvalue weighted by Gasteiger charge is -2.47. The van der Waals surface area contributed by atoms with Crippen LogP contribution in [-0.2, 0) is 39.8 Å². The quantitative estimate of drug-likeness (QED) is 0.0815. The van der Waals surface area contributed by atoms with Gasteiger partial charge in [0.2, 0.25) is 0 Å². The van der Waals surface area contributed by atoms with E-state index in [1.807, 2.05) is 77.2 Å². The van der Waals surface area contributed by atoms with Crippen LogP contribution in [0.25, 0.3) is 11.3 Å². The number of hydrogen-bond acceptors (Lipinski definition) is 14. The van der Waals surface area contributed by atoms with Gasteiger partial charge in [-0.1, -0.05) is 44.2 Å². The fourth-order valence-electron chi connectivity index (χ4n) is 9.78. The number of nitrogens with two attached hydrogens (primary N) is 1. The summed E-state index contributed by atoms with van der Waals surface area (Å²) in [4.78, 5) is 46.2. The molecule has 1 aromatic heterocycles. The number of nitrogens with zero attached hydrogens (tertiary/aromatic N) is 5.